The lowest BCUT2D eigenvalue weighted by molar-refractivity contribution is -0.385. The minimum absolute atomic E-state index is 0.0761. The summed E-state index contributed by atoms with van der Waals surface area (Å²) in [6.07, 6.45) is -0.252. The van der Waals surface area contributed by atoms with E-state index in [1.54, 1.807) is 13.8 Å². The number of hydrogen-bond acceptors (Lipinski definition) is 7. The first-order chi connectivity index (χ1) is 12.2. The number of amides is 1. The number of aromatic nitrogens is 2. The summed E-state index contributed by atoms with van der Waals surface area (Å²) in [7, 11) is 0. The van der Waals surface area contributed by atoms with Gasteiger partial charge in [0.2, 0.25) is 5.88 Å². The summed E-state index contributed by atoms with van der Waals surface area (Å²) < 4.78 is 19.2. The second-order valence-electron chi connectivity index (χ2n) is 5.42. The number of carbonyl (C=O) groups is 1. The lowest BCUT2D eigenvalue weighted by atomic mass is 10.0. The smallest absolute Gasteiger partial charge is 0.422 e. The number of nitrogens with two attached hydrogens (primary N) is 1. The molecule has 1 amide bonds. The molecule has 2 aromatic rings. The number of benzene rings is 1. The molecule has 0 aliphatic rings. The van der Waals surface area contributed by atoms with E-state index < -0.39 is 28.6 Å². The van der Waals surface area contributed by atoms with Crippen LogP contribution in [0.3, 0.4) is 0 Å². The molecule has 1 radical (unpaired) electrons. The third kappa shape index (κ3) is 4.19. The molecule has 26 heavy (non-hydrogen) atoms. The van der Waals surface area contributed by atoms with Gasteiger partial charge < -0.3 is 9.84 Å². The van der Waals surface area contributed by atoms with E-state index in [1.165, 1.54) is 6.07 Å². The lowest BCUT2D eigenvalue weighted by Crippen LogP contribution is -2.41. The van der Waals surface area contributed by atoms with Gasteiger partial charge in [-0.25, -0.2) is 30.0 Å². The maximum absolute atomic E-state index is 13.9. The summed E-state index contributed by atoms with van der Waals surface area (Å²) in [6, 6.07) is 3.34. The first-order valence-electron chi connectivity index (χ1n) is 7.21. The standard InChI is InChI=1S/C15H15FN5O5/c1-8(2)14(20(17)15(22)23)11-6-13(19-7-18-11)26-12-4-3-9(21(24)25)5-10(12)16/h3-7,14H,17H2,1-2H3,(H,22,23). The Morgan fingerprint density at radius 2 is 2.08 bits per heavy atom. The molecule has 0 spiro atoms. The van der Waals surface area contributed by atoms with Gasteiger partial charge in [0.25, 0.3) is 5.69 Å². The molecule has 0 fully saturated rings. The van der Waals surface area contributed by atoms with Crippen LogP contribution in [0.1, 0.15) is 25.6 Å². The molecule has 0 saturated heterocycles. The fraction of sp³-hybridized carbons (Fsp3) is 0.200. The maximum atomic E-state index is 13.9. The number of rotatable bonds is 6. The highest BCUT2D eigenvalue weighted by atomic mass is 19.1. The summed E-state index contributed by atoms with van der Waals surface area (Å²) >= 11 is 0. The number of nitro benzene ring substituents is 1. The zero-order valence-corrected chi connectivity index (χ0v) is 13.8. The summed E-state index contributed by atoms with van der Waals surface area (Å²) in [5, 5.41) is 20.3. The van der Waals surface area contributed by atoms with Crippen molar-refractivity contribution in [3.63, 3.8) is 0 Å². The van der Waals surface area contributed by atoms with Gasteiger partial charge in [0.15, 0.2) is 11.6 Å². The molecule has 1 atom stereocenters. The van der Waals surface area contributed by atoms with Crippen LogP contribution in [0.2, 0.25) is 0 Å². The first-order valence-corrected chi connectivity index (χ1v) is 7.21. The number of hydrazine groups is 1. The Bertz CT molecular complexity index is 832. The van der Waals surface area contributed by atoms with Crippen LogP contribution in [0.4, 0.5) is 14.9 Å². The van der Waals surface area contributed by atoms with Crippen LogP contribution in [-0.2, 0) is 0 Å². The normalized spacial score (nSPS) is 11.9. The van der Waals surface area contributed by atoms with Gasteiger partial charge in [-0.3, -0.25) is 10.1 Å². The monoisotopic (exact) mass is 364 g/mol. The Kier molecular flexibility index (Phi) is 5.62. The third-order valence-electron chi connectivity index (χ3n) is 3.33. The number of halogens is 1. The van der Waals surface area contributed by atoms with Crippen molar-refractivity contribution in [2.75, 3.05) is 0 Å². The molecule has 2 rings (SSSR count). The van der Waals surface area contributed by atoms with E-state index in [0.29, 0.717) is 10.9 Å². The van der Waals surface area contributed by atoms with Crippen LogP contribution >= 0.6 is 0 Å². The van der Waals surface area contributed by atoms with Gasteiger partial charge in [-0.05, 0) is 6.07 Å². The summed E-state index contributed by atoms with van der Waals surface area (Å²) in [5.41, 5.74) is -0.197. The Morgan fingerprint density at radius 3 is 2.62 bits per heavy atom. The number of nitrogens with zero attached hydrogens (tertiary/aromatic N) is 4. The van der Waals surface area contributed by atoms with Gasteiger partial charge in [-0.1, -0.05) is 13.8 Å². The largest absolute Gasteiger partial charge is 0.464 e. The third-order valence-corrected chi connectivity index (χ3v) is 3.33. The second-order valence-corrected chi connectivity index (χ2v) is 5.42. The molecule has 0 saturated carbocycles. The van der Waals surface area contributed by atoms with Gasteiger partial charge in [0, 0.05) is 18.1 Å². The molecule has 0 aliphatic carbocycles. The number of non-ortho nitro benzene ring substituents is 1. The van der Waals surface area contributed by atoms with Crippen molar-refractivity contribution in [2.24, 2.45) is 5.84 Å². The fourth-order valence-electron chi connectivity index (χ4n) is 2.18. The Labute approximate surface area is 147 Å². The van der Waals surface area contributed by atoms with E-state index in [2.05, 4.69) is 9.97 Å². The van der Waals surface area contributed by atoms with Crippen molar-refractivity contribution >= 4 is 11.8 Å². The van der Waals surface area contributed by atoms with Crippen molar-refractivity contribution in [2.45, 2.75) is 19.9 Å². The van der Waals surface area contributed by atoms with E-state index >= 15 is 0 Å². The average Bonchev–Trinajstić information content (AvgIpc) is 2.56. The molecule has 1 aromatic carbocycles. The summed E-state index contributed by atoms with van der Waals surface area (Å²) in [6.45, 7) is 3.35. The molecule has 3 N–H and O–H groups in total. The highest BCUT2D eigenvalue weighted by Gasteiger charge is 2.27. The van der Waals surface area contributed by atoms with Gasteiger partial charge in [-0.2, -0.15) is 0 Å². The van der Waals surface area contributed by atoms with Crippen molar-refractivity contribution in [3.8, 4) is 11.6 Å². The van der Waals surface area contributed by atoms with E-state index in [9.17, 15) is 19.3 Å². The van der Waals surface area contributed by atoms with Gasteiger partial charge in [0.1, 0.15) is 6.33 Å². The zero-order chi connectivity index (χ0) is 19.4. The number of hydrogen-bond donors (Lipinski definition) is 2. The van der Waals surface area contributed by atoms with E-state index in [1.807, 2.05) is 0 Å². The summed E-state index contributed by atoms with van der Waals surface area (Å²) in [5.74, 6) is 4.89. The molecule has 1 aromatic heterocycles. The van der Waals surface area contributed by atoms with Crippen LogP contribution in [0.25, 0.3) is 0 Å². The van der Waals surface area contributed by atoms with E-state index in [-0.39, 0.29) is 17.3 Å². The molecule has 1 heterocycles. The Morgan fingerprint density at radius 1 is 1.38 bits per heavy atom. The second kappa shape index (κ2) is 7.70. The molecule has 10 nitrogen and oxygen atoms in total. The van der Waals surface area contributed by atoms with Crippen LogP contribution in [-0.4, -0.2) is 31.1 Å². The van der Waals surface area contributed by atoms with E-state index in [0.717, 1.165) is 24.5 Å². The van der Waals surface area contributed by atoms with Gasteiger partial charge in [0.05, 0.1) is 22.7 Å². The van der Waals surface area contributed by atoms with Crippen molar-refractivity contribution in [3.05, 3.63) is 58.1 Å². The molecular formula is C15H15FN5O5. The van der Waals surface area contributed by atoms with E-state index in [4.69, 9.17) is 15.7 Å². The highest BCUT2D eigenvalue weighted by molar-refractivity contribution is 5.65. The van der Waals surface area contributed by atoms with Crippen LogP contribution < -0.4 is 10.6 Å². The Hall–Kier alpha value is -3.34. The van der Waals surface area contributed by atoms with Crippen LogP contribution in [0.15, 0.2) is 30.6 Å². The van der Waals surface area contributed by atoms with Gasteiger partial charge in [-0.15, -0.1) is 0 Å². The van der Waals surface area contributed by atoms with Crippen molar-refractivity contribution < 1.29 is 24.0 Å². The van der Waals surface area contributed by atoms with Crippen molar-refractivity contribution in [1.82, 2.24) is 15.0 Å². The van der Waals surface area contributed by atoms with Crippen LogP contribution in [0.5, 0.6) is 11.6 Å². The minimum Gasteiger partial charge on any atom is -0.464 e. The molecule has 0 bridgehead atoms. The minimum atomic E-state index is -1.36. The molecule has 1 unspecified atom stereocenters. The average molecular weight is 364 g/mol. The Balaban J connectivity index is 2.31. The lowest BCUT2D eigenvalue weighted by Gasteiger charge is -2.27. The zero-order valence-electron chi connectivity index (χ0n) is 13.8. The molecule has 0 aliphatic heterocycles. The predicted molar refractivity (Wildman–Crippen MR) is 86.5 cm³/mol. The van der Waals surface area contributed by atoms with Gasteiger partial charge >= 0.3 is 6.09 Å². The number of carboxylic acid groups (broad SMARTS) is 1. The van der Waals surface area contributed by atoms with Crippen molar-refractivity contribution in [1.29, 1.82) is 0 Å². The summed E-state index contributed by atoms with van der Waals surface area (Å²) in [4.78, 5) is 28.9. The first kappa shape index (κ1) is 19.0. The SMILES string of the molecule is C[C](C)C(c1cc(Oc2ccc([N+](=O)[O-])cc2F)ncn1)N(N)C(=O)O. The predicted octanol–water partition coefficient (Wildman–Crippen LogP) is 2.83. The van der Waals surface area contributed by atoms with Crippen LogP contribution in [0, 0.1) is 21.8 Å². The highest BCUT2D eigenvalue weighted by Crippen LogP contribution is 2.30. The number of ether oxygens (including phenoxy) is 1. The quantitative estimate of drug-likeness (QED) is 0.344. The molecular weight excluding hydrogens is 349 g/mol. The fourth-order valence-corrected chi connectivity index (χ4v) is 2.18. The molecule has 11 heteroatoms. The topological polar surface area (TPSA) is 145 Å². The number of nitro groups is 1. The maximum Gasteiger partial charge on any atom is 0.422 e. The molecule has 137 valence electrons.